The zero-order valence-corrected chi connectivity index (χ0v) is 6.70. The van der Waals surface area contributed by atoms with Crippen LogP contribution in [0.4, 0.5) is 0 Å². The van der Waals surface area contributed by atoms with E-state index in [1.54, 1.807) is 25.2 Å². The summed E-state index contributed by atoms with van der Waals surface area (Å²) < 4.78 is 0. The molecule has 0 radical (unpaired) electrons. The van der Waals surface area contributed by atoms with Crippen LogP contribution >= 0.6 is 0 Å². The van der Waals surface area contributed by atoms with E-state index in [9.17, 15) is 10.1 Å². The van der Waals surface area contributed by atoms with Gasteiger partial charge >= 0.3 is 0 Å². The Labute approximate surface area is 65.9 Å². The van der Waals surface area contributed by atoms with Gasteiger partial charge in [-0.25, -0.2) is 0 Å². The van der Waals surface area contributed by atoms with E-state index >= 15 is 0 Å². The van der Waals surface area contributed by atoms with Crippen LogP contribution in [0.2, 0.25) is 0 Å². The molecule has 0 saturated carbocycles. The smallest absolute Gasteiger partial charge is 0.258 e. The Morgan fingerprint density at radius 2 is 2.18 bits per heavy atom. The molecule has 0 rings (SSSR count). The summed E-state index contributed by atoms with van der Waals surface area (Å²) in [5.41, 5.74) is 0.524. The molecule has 0 spiro atoms. The van der Waals surface area contributed by atoms with Crippen molar-refractivity contribution in [1.82, 2.24) is 0 Å². The second-order valence-corrected chi connectivity index (χ2v) is 2.08. The van der Waals surface area contributed by atoms with Crippen molar-refractivity contribution in [2.75, 3.05) is 0 Å². The highest BCUT2D eigenvalue weighted by molar-refractivity contribution is 5.24. The fourth-order valence-electron chi connectivity index (χ4n) is 0.481. The van der Waals surface area contributed by atoms with Crippen LogP contribution in [0.1, 0.15) is 13.8 Å². The predicted octanol–water partition coefficient (Wildman–Crippen LogP) is 2.30. The zero-order chi connectivity index (χ0) is 8.85. The van der Waals surface area contributed by atoms with E-state index in [0.717, 1.165) is 0 Å². The van der Waals surface area contributed by atoms with Gasteiger partial charge in [-0.3, -0.25) is 10.1 Å². The first-order valence-corrected chi connectivity index (χ1v) is 3.23. The van der Waals surface area contributed by atoms with Crippen molar-refractivity contribution in [2.24, 2.45) is 0 Å². The largest absolute Gasteiger partial charge is 0.265 e. The Kier molecular flexibility index (Phi) is 3.88. The Morgan fingerprint density at radius 3 is 2.55 bits per heavy atom. The van der Waals surface area contributed by atoms with E-state index in [1.807, 2.05) is 6.92 Å². The van der Waals surface area contributed by atoms with Crippen LogP contribution in [0.3, 0.4) is 0 Å². The van der Waals surface area contributed by atoms with Gasteiger partial charge in [-0.15, -0.1) is 0 Å². The Hall–Kier alpha value is -1.38. The van der Waals surface area contributed by atoms with Gasteiger partial charge in [0.2, 0.25) is 0 Å². The van der Waals surface area contributed by atoms with Gasteiger partial charge in [0.25, 0.3) is 5.70 Å². The highest BCUT2D eigenvalue weighted by atomic mass is 16.6. The molecule has 0 aromatic carbocycles. The van der Waals surface area contributed by atoms with E-state index in [2.05, 4.69) is 6.58 Å². The first-order valence-electron chi connectivity index (χ1n) is 3.23. The molecule has 0 aliphatic carbocycles. The maximum Gasteiger partial charge on any atom is 0.265 e. The summed E-state index contributed by atoms with van der Waals surface area (Å²) in [6.07, 6.45) is 5.20. The minimum Gasteiger partial charge on any atom is -0.258 e. The van der Waals surface area contributed by atoms with Crippen molar-refractivity contribution in [3.05, 3.63) is 46.2 Å². The average molecular weight is 153 g/mol. The van der Waals surface area contributed by atoms with E-state index < -0.39 is 4.92 Å². The third kappa shape index (κ3) is 3.35. The Bertz CT molecular complexity index is 226. The summed E-state index contributed by atoms with van der Waals surface area (Å²) >= 11 is 0. The second-order valence-electron chi connectivity index (χ2n) is 2.08. The van der Waals surface area contributed by atoms with Crippen molar-refractivity contribution in [3.8, 4) is 0 Å². The number of nitrogens with zero attached hydrogens (tertiary/aromatic N) is 1. The topological polar surface area (TPSA) is 43.1 Å². The lowest BCUT2D eigenvalue weighted by Crippen LogP contribution is -1.97. The molecular weight excluding hydrogens is 142 g/mol. The number of rotatable bonds is 3. The van der Waals surface area contributed by atoms with Crippen LogP contribution in [0.25, 0.3) is 0 Å². The maximum absolute atomic E-state index is 10.1. The number of hydrogen-bond acceptors (Lipinski definition) is 2. The summed E-state index contributed by atoms with van der Waals surface area (Å²) in [7, 11) is 0. The quantitative estimate of drug-likeness (QED) is 0.354. The molecule has 0 fully saturated rings. The van der Waals surface area contributed by atoms with Gasteiger partial charge in [0.1, 0.15) is 0 Å². The molecule has 0 N–H and O–H groups in total. The van der Waals surface area contributed by atoms with Gasteiger partial charge in [-0.05, 0) is 20.4 Å². The summed E-state index contributed by atoms with van der Waals surface area (Å²) in [5.74, 6) is 0. The van der Waals surface area contributed by atoms with E-state index in [1.165, 1.54) is 0 Å². The predicted molar refractivity (Wildman–Crippen MR) is 44.7 cm³/mol. The van der Waals surface area contributed by atoms with Crippen molar-refractivity contribution >= 4 is 0 Å². The van der Waals surface area contributed by atoms with Crippen LogP contribution in [-0.2, 0) is 0 Å². The minimum absolute atomic E-state index is 0.0527. The molecule has 0 aromatic rings. The molecular formula is C8H11NO2. The summed E-state index contributed by atoms with van der Waals surface area (Å²) in [4.78, 5) is 9.65. The van der Waals surface area contributed by atoms with E-state index in [-0.39, 0.29) is 5.70 Å². The first kappa shape index (κ1) is 9.62. The maximum atomic E-state index is 10.1. The lowest BCUT2D eigenvalue weighted by molar-refractivity contribution is -0.420. The van der Waals surface area contributed by atoms with Crippen LogP contribution < -0.4 is 0 Å². The van der Waals surface area contributed by atoms with Gasteiger partial charge < -0.3 is 0 Å². The minimum atomic E-state index is -0.491. The number of hydrogen-bond donors (Lipinski definition) is 0. The molecule has 0 heterocycles. The summed E-state index contributed by atoms with van der Waals surface area (Å²) in [5, 5.41) is 10.1. The molecule has 11 heavy (non-hydrogen) atoms. The van der Waals surface area contributed by atoms with Crippen molar-refractivity contribution in [2.45, 2.75) is 13.8 Å². The van der Waals surface area contributed by atoms with E-state index in [4.69, 9.17) is 0 Å². The lowest BCUT2D eigenvalue weighted by atomic mass is 10.2. The monoisotopic (exact) mass is 153 g/mol. The Morgan fingerprint density at radius 1 is 1.64 bits per heavy atom. The molecule has 60 valence electrons. The molecule has 0 aliphatic rings. The molecule has 0 aliphatic heterocycles. The molecule has 0 saturated heterocycles. The number of allylic oxidation sites excluding steroid dienone is 4. The lowest BCUT2D eigenvalue weighted by Gasteiger charge is -1.92. The van der Waals surface area contributed by atoms with Crippen LogP contribution in [0, 0.1) is 10.1 Å². The summed E-state index contributed by atoms with van der Waals surface area (Å²) in [6, 6.07) is 0. The second kappa shape index (κ2) is 4.44. The first-order chi connectivity index (χ1) is 5.09. The molecule has 0 bridgehead atoms. The fraction of sp³-hybridized carbons (Fsp3) is 0.250. The molecule has 3 nitrogen and oxygen atoms in total. The molecule has 0 aromatic heterocycles. The van der Waals surface area contributed by atoms with Crippen LogP contribution in [0.15, 0.2) is 36.1 Å². The normalized spacial score (nSPS) is 12.0. The van der Waals surface area contributed by atoms with E-state index in [0.29, 0.717) is 5.57 Å². The van der Waals surface area contributed by atoms with Gasteiger partial charge in [0, 0.05) is 5.57 Å². The molecule has 0 amide bonds. The van der Waals surface area contributed by atoms with Gasteiger partial charge in [-0.2, -0.15) is 0 Å². The van der Waals surface area contributed by atoms with Crippen LogP contribution in [0.5, 0.6) is 0 Å². The van der Waals surface area contributed by atoms with Crippen molar-refractivity contribution in [3.63, 3.8) is 0 Å². The molecule has 3 heteroatoms. The van der Waals surface area contributed by atoms with Gasteiger partial charge in [0.05, 0.1) is 4.92 Å². The standard InChI is InChI=1S/C8H11NO2/c1-4-5-6-7(2)8(3)9(10)11/h4-6H,3H2,1-2H3/b5-4-,7-6-. The highest BCUT2D eigenvalue weighted by Gasteiger charge is 2.06. The highest BCUT2D eigenvalue weighted by Crippen LogP contribution is 2.06. The third-order valence-electron chi connectivity index (χ3n) is 1.21. The third-order valence-corrected chi connectivity index (χ3v) is 1.21. The van der Waals surface area contributed by atoms with Crippen molar-refractivity contribution < 1.29 is 4.92 Å². The van der Waals surface area contributed by atoms with Crippen LogP contribution in [-0.4, -0.2) is 4.92 Å². The van der Waals surface area contributed by atoms with Gasteiger partial charge in [-0.1, -0.05) is 18.2 Å². The molecule has 0 unspecified atom stereocenters. The SMILES string of the molecule is C=C(/C(C)=C\C=C/C)[N+](=O)[O-]. The summed E-state index contributed by atoms with van der Waals surface area (Å²) in [6.45, 7) is 6.81. The zero-order valence-electron chi connectivity index (χ0n) is 6.70. The average Bonchev–Trinajstić information content (AvgIpc) is 1.98. The van der Waals surface area contributed by atoms with Crippen molar-refractivity contribution in [1.29, 1.82) is 0 Å². The molecule has 0 atom stereocenters. The van der Waals surface area contributed by atoms with Gasteiger partial charge in [0.15, 0.2) is 0 Å². The number of nitro groups is 1. The Balaban J connectivity index is 4.36. The fourth-order valence-corrected chi connectivity index (χ4v) is 0.481.